The van der Waals surface area contributed by atoms with Gasteiger partial charge in [-0.25, -0.2) is 4.39 Å². The number of carbonyl (C=O) groups excluding carboxylic acids is 2. The summed E-state index contributed by atoms with van der Waals surface area (Å²) in [5.74, 6) is 0.600. The number of H-pyrrole nitrogens is 1. The van der Waals surface area contributed by atoms with E-state index in [1.54, 1.807) is 18.3 Å². The van der Waals surface area contributed by atoms with Crippen molar-refractivity contribution in [3.05, 3.63) is 53.6 Å². The standard InChI is InChI=1S/C23H27FN4O2/c24-19-6-2-5-17(9-19)22-20-14-27(21(29)8-7-15-10-25-26-11-15)12-18(20)13-28(22)23(30)16-3-1-4-16/h2,5-6,9-11,16,18,20,22H,1,3-4,7-8,12-14H2,(H,25,26)/t18-,20-,22-/m0/s1. The molecule has 1 aromatic carbocycles. The summed E-state index contributed by atoms with van der Waals surface area (Å²) in [7, 11) is 0. The topological polar surface area (TPSA) is 69.3 Å². The fourth-order valence-electron chi connectivity index (χ4n) is 5.31. The second kappa shape index (κ2) is 7.85. The number of nitrogens with zero attached hydrogens (tertiary/aromatic N) is 3. The summed E-state index contributed by atoms with van der Waals surface area (Å²) in [6, 6.07) is 6.48. The van der Waals surface area contributed by atoms with Crippen LogP contribution in [-0.2, 0) is 16.0 Å². The van der Waals surface area contributed by atoms with Crippen LogP contribution in [0.4, 0.5) is 4.39 Å². The Kier molecular flexibility index (Phi) is 5.05. The first-order valence-corrected chi connectivity index (χ1v) is 10.9. The smallest absolute Gasteiger partial charge is 0.226 e. The Morgan fingerprint density at radius 1 is 1.20 bits per heavy atom. The van der Waals surface area contributed by atoms with Crippen molar-refractivity contribution < 1.29 is 14.0 Å². The summed E-state index contributed by atoms with van der Waals surface area (Å²) in [4.78, 5) is 29.8. The molecule has 2 aromatic rings. The number of hydrogen-bond acceptors (Lipinski definition) is 3. The number of aromatic amines is 1. The Labute approximate surface area is 175 Å². The monoisotopic (exact) mass is 410 g/mol. The molecular formula is C23H27FN4O2. The zero-order valence-electron chi connectivity index (χ0n) is 17.0. The fourth-order valence-corrected chi connectivity index (χ4v) is 5.31. The largest absolute Gasteiger partial charge is 0.342 e. The molecule has 1 saturated carbocycles. The first-order valence-electron chi connectivity index (χ1n) is 10.9. The maximum atomic E-state index is 14.0. The number of aryl methyl sites for hydroxylation is 1. The number of likely N-dealkylation sites (tertiary alicyclic amines) is 2. The number of carbonyl (C=O) groups is 2. The molecule has 1 aromatic heterocycles. The molecule has 0 bridgehead atoms. The molecule has 158 valence electrons. The third-order valence-corrected chi connectivity index (χ3v) is 7.13. The predicted molar refractivity (Wildman–Crippen MR) is 109 cm³/mol. The fraction of sp³-hybridized carbons (Fsp3) is 0.522. The highest BCUT2D eigenvalue weighted by Crippen LogP contribution is 2.47. The predicted octanol–water partition coefficient (Wildman–Crippen LogP) is 2.94. The molecule has 3 heterocycles. The molecule has 5 rings (SSSR count). The molecule has 3 aliphatic rings. The minimum Gasteiger partial charge on any atom is -0.342 e. The van der Waals surface area contributed by atoms with E-state index in [1.165, 1.54) is 6.07 Å². The summed E-state index contributed by atoms with van der Waals surface area (Å²) in [6.45, 7) is 1.96. The average Bonchev–Trinajstić information content (AvgIpc) is 3.40. The Morgan fingerprint density at radius 2 is 2.07 bits per heavy atom. The van der Waals surface area contributed by atoms with Gasteiger partial charge in [0.1, 0.15) is 5.82 Å². The van der Waals surface area contributed by atoms with Crippen LogP contribution in [-0.4, -0.2) is 51.4 Å². The number of fused-ring (bicyclic) bond motifs is 1. The van der Waals surface area contributed by atoms with Crippen LogP contribution in [0.25, 0.3) is 0 Å². The van der Waals surface area contributed by atoms with E-state index in [4.69, 9.17) is 0 Å². The number of hydrogen-bond donors (Lipinski definition) is 1. The van der Waals surface area contributed by atoms with E-state index in [9.17, 15) is 14.0 Å². The number of benzene rings is 1. The SMILES string of the molecule is O=C(CCc1cn[nH]c1)N1C[C@H]2CN(C(=O)C3CCC3)[C@@H](c3cccc(F)c3)[C@H]2C1. The minimum absolute atomic E-state index is 0.118. The molecule has 0 radical (unpaired) electrons. The van der Waals surface area contributed by atoms with E-state index in [0.29, 0.717) is 32.5 Å². The lowest BCUT2D eigenvalue weighted by molar-refractivity contribution is -0.140. The van der Waals surface area contributed by atoms with Crippen molar-refractivity contribution >= 4 is 11.8 Å². The van der Waals surface area contributed by atoms with Gasteiger partial charge >= 0.3 is 0 Å². The van der Waals surface area contributed by atoms with E-state index in [1.807, 2.05) is 22.1 Å². The summed E-state index contributed by atoms with van der Waals surface area (Å²) < 4.78 is 14.0. The average molecular weight is 410 g/mol. The number of nitrogens with one attached hydrogen (secondary N) is 1. The van der Waals surface area contributed by atoms with Crippen LogP contribution in [0.1, 0.15) is 42.9 Å². The zero-order chi connectivity index (χ0) is 20.7. The van der Waals surface area contributed by atoms with Crippen molar-refractivity contribution in [1.29, 1.82) is 0 Å². The van der Waals surface area contributed by atoms with Crippen molar-refractivity contribution in [3.63, 3.8) is 0 Å². The molecular weight excluding hydrogens is 383 g/mol. The van der Waals surface area contributed by atoms with Gasteiger partial charge in [0.25, 0.3) is 0 Å². The van der Waals surface area contributed by atoms with Crippen LogP contribution in [0, 0.1) is 23.6 Å². The highest BCUT2D eigenvalue weighted by Gasteiger charge is 2.51. The molecule has 3 fully saturated rings. The summed E-state index contributed by atoms with van der Waals surface area (Å²) in [5.41, 5.74) is 1.88. The molecule has 30 heavy (non-hydrogen) atoms. The van der Waals surface area contributed by atoms with Crippen LogP contribution < -0.4 is 0 Å². The second-order valence-corrected chi connectivity index (χ2v) is 8.95. The van der Waals surface area contributed by atoms with Gasteiger partial charge in [-0.2, -0.15) is 5.10 Å². The zero-order valence-corrected chi connectivity index (χ0v) is 17.0. The van der Waals surface area contributed by atoms with Crippen molar-refractivity contribution in [2.45, 2.75) is 38.1 Å². The molecule has 0 unspecified atom stereocenters. The third kappa shape index (κ3) is 3.50. The molecule has 1 aliphatic carbocycles. The normalized spacial score (nSPS) is 26.0. The first-order chi connectivity index (χ1) is 14.6. The number of rotatable bonds is 5. The summed E-state index contributed by atoms with van der Waals surface area (Å²) >= 11 is 0. The molecule has 3 atom stereocenters. The van der Waals surface area contributed by atoms with Gasteiger partial charge in [0, 0.05) is 50.0 Å². The lowest BCUT2D eigenvalue weighted by Gasteiger charge is -2.35. The van der Waals surface area contributed by atoms with Gasteiger partial charge in [0.05, 0.1) is 12.2 Å². The second-order valence-electron chi connectivity index (χ2n) is 8.95. The molecule has 6 nitrogen and oxygen atoms in total. The molecule has 1 N–H and O–H groups in total. The summed E-state index contributed by atoms with van der Waals surface area (Å²) in [6.07, 6.45) is 7.71. The number of halogens is 1. The molecule has 2 saturated heterocycles. The van der Waals surface area contributed by atoms with E-state index in [0.717, 1.165) is 30.4 Å². The van der Waals surface area contributed by atoms with Crippen molar-refractivity contribution in [2.24, 2.45) is 17.8 Å². The lowest BCUT2D eigenvalue weighted by atomic mass is 9.83. The lowest BCUT2D eigenvalue weighted by Crippen LogP contribution is -2.41. The highest BCUT2D eigenvalue weighted by molar-refractivity contribution is 5.81. The van der Waals surface area contributed by atoms with E-state index >= 15 is 0 Å². The van der Waals surface area contributed by atoms with Crippen LogP contribution in [0.3, 0.4) is 0 Å². The first kappa shape index (κ1) is 19.3. The molecule has 2 amide bonds. The summed E-state index contributed by atoms with van der Waals surface area (Å²) in [5, 5.41) is 6.70. The van der Waals surface area contributed by atoms with E-state index < -0.39 is 0 Å². The van der Waals surface area contributed by atoms with Crippen LogP contribution in [0.15, 0.2) is 36.7 Å². The number of amides is 2. The maximum Gasteiger partial charge on any atom is 0.226 e. The van der Waals surface area contributed by atoms with Gasteiger partial charge in [0.2, 0.25) is 11.8 Å². The Morgan fingerprint density at radius 3 is 2.77 bits per heavy atom. The van der Waals surface area contributed by atoms with Gasteiger partial charge in [0.15, 0.2) is 0 Å². The van der Waals surface area contributed by atoms with Gasteiger partial charge < -0.3 is 9.80 Å². The van der Waals surface area contributed by atoms with Crippen molar-refractivity contribution in [1.82, 2.24) is 20.0 Å². The van der Waals surface area contributed by atoms with Crippen LogP contribution in [0.5, 0.6) is 0 Å². The molecule has 7 heteroatoms. The molecule has 0 spiro atoms. The van der Waals surface area contributed by atoms with Crippen molar-refractivity contribution in [3.8, 4) is 0 Å². The van der Waals surface area contributed by atoms with Crippen LogP contribution in [0.2, 0.25) is 0 Å². The van der Waals surface area contributed by atoms with Gasteiger partial charge in [-0.3, -0.25) is 14.7 Å². The van der Waals surface area contributed by atoms with Gasteiger partial charge in [-0.15, -0.1) is 0 Å². The van der Waals surface area contributed by atoms with Crippen molar-refractivity contribution in [2.75, 3.05) is 19.6 Å². The van der Waals surface area contributed by atoms with E-state index in [-0.39, 0.29) is 41.4 Å². The third-order valence-electron chi connectivity index (χ3n) is 7.13. The van der Waals surface area contributed by atoms with Gasteiger partial charge in [-0.1, -0.05) is 18.6 Å². The van der Waals surface area contributed by atoms with Gasteiger partial charge in [-0.05, 0) is 42.5 Å². The van der Waals surface area contributed by atoms with Crippen LogP contribution >= 0.6 is 0 Å². The minimum atomic E-state index is -0.280. The Hall–Kier alpha value is -2.70. The highest BCUT2D eigenvalue weighted by atomic mass is 19.1. The quantitative estimate of drug-likeness (QED) is 0.824. The molecule has 2 aliphatic heterocycles. The van der Waals surface area contributed by atoms with E-state index in [2.05, 4.69) is 10.2 Å². The maximum absolute atomic E-state index is 14.0. The number of aromatic nitrogens is 2. The Balaban J connectivity index is 1.32. The Bertz CT molecular complexity index is 927.